The van der Waals surface area contributed by atoms with Gasteiger partial charge in [0, 0.05) is 35.5 Å². The first kappa shape index (κ1) is 17.2. The minimum Gasteiger partial charge on any atom is -0.378 e. The average molecular weight is 373 g/mol. The molecule has 28 heavy (non-hydrogen) atoms. The van der Waals surface area contributed by atoms with Gasteiger partial charge in [-0.05, 0) is 55.2 Å². The molecule has 2 aliphatic rings. The number of hydrogen-bond acceptors (Lipinski definition) is 4. The average Bonchev–Trinajstić information content (AvgIpc) is 3.21. The van der Waals surface area contributed by atoms with Gasteiger partial charge in [0.1, 0.15) is 0 Å². The van der Waals surface area contributed by atoms with Crippen LogP contribution in [0.2, 0.25) is 0 Å². The monoisotopic (exact) mass is 373 g/mol. The maximum atomic E-state index is 13.2. The number of morpholine rings is 1. The van der Waals surface area contributed by atoms with Crippen LogP contribution in [0.15, 0.2) is 48.5 Å². The van der Waals surface area contributed by atoms with E-state index in [1.165, 1.54) is 0 Å². The fraction of sp³-hybridized carbons (Fsp3) is 0.304. The van der Waals surface area contributed by atoms with E-state index in [1.807, 2.05) is 36.4 Å². The van der Waals surface area contributed by atoms with Crippen molar-refractivity contribution in [3.8, 4) is 0 Å². The second kappa shape index (κ2) is 7.24. The standard InChI is InChI=1S/C23H23N3O2/c27-23(24-16-8-10-17(11-9-16)26-12-14-28-15-13-26)22-18-4-1-2-6-20(18)25-21-7-3-5-19(21)22/h1-2,4,6,8-11H,3,5,7,12-15H2,(H,24,27). The number of aromatic nitrogens is 1. The molecule has 1 aliphatic carbocycles. The van der Waals surface area contributed by atoms with E-state index < -0.39 is 0 Å². The number of carbonyl (C=O) groups excluding carboxylic acids is 1. The number of rotatable bonds is 3. The van der Waals surface area contributed by atoms with Crippen LogP contribution in [-0.2, 0) is 17.6 Å². The summed E-state index contributed by atoms with van der Waals surface area (Å²) in [5, 5.41) is 4.04. The second-order valence-electron chi connectivity index (χ2n) is 7.38. The number of pyridine rings is 1. The van der Waals surface area contributed by atoms with Crippen molar-refractivity contribution in [2.24, 2.45) is 0 Å². The van der Waals surface area contributed by atoms with Crippen molar-refractivity contribution in [1.29, 1.82) is 0 Å². The number of para-hydroxylation sites is 1. The van der Waals surface area contributed by atoms with E-state index in [0.29, 0.717) is 0 Å². The highest BCUT2D eigenvalue weighted by atomic mass is 16.5. The Bertz CT molecular complexity index is 1020. The van der Waals surface area contributed by atoms with Crippen molar-refractivity contribution >= 4 is 28.2 Å². The van der Waals surface area contributed by atoms with E-state index in [-0.39, 0.29) is 5.91 Å². The fourth-order valence-electron chi connectivity index (χ4n) is 4.24. The number of fused-ring (bicyclic) bond motifs is 2. The molecule has 0 saturated carbocycles. The van der Waals surface area contributed by atoms with Crippen LogP contribution < -0.4 is 10.2 Å². The quantitative estimate of drug-likeness (QED) is 0.758. The number of ether oxygens (including phenoxy) is 1. The zero-order valence-corrected chi connectivity index (χ0v) is 15.8. The molecule has 1 aliphatic heterocycles. The summed E-state index contributed by atoms with van der Waals surface area (Å²) in [7, 11) is 0. The molecule has 5 heteroatoms. The van der Waals surface area contributed by atoms with Crippen molar-refractivity contribution in [2.45, 2.75) is 19.3 Å². The lowest BCUT2D eigenvalue weighted by Gasteiger charge is -2.28. The summed E-state index contributed by atoms with van der Waals surface area (Å²) in [4.78, 5) is 20.3. The Hall–Kier alpha value is -2.92. The molecule has 1 amide bonds. The Morgan fingerprint density at radius 2 is 1.79 bits per heavy atom. The van der Waals surface area contributed by atoms with Crippen molar-refractivity contribution in [1.82, 2.24) is 4.98 Å². The molecule has 142 valence electrons. The molecule has 5 rings (SSSR count). The van der Waals surface area contributed by atoms with Gasteiger partial charge in [-0.25, -0.2) is 0 Å². The smallest absolute Gasteiger partial charge is 0.256 e. The van der Waals surface area contributed by atoms with Crippen molar-refractivity contribution < 1.29 is 9.53 Å². The van der Waals surface area contributed by atoms with Crippen LogP contribution in [0.3, 0.4) is 0 Å². The number of anilines is 2. The topological polar surface area (TPSA) is 54.5 Å². The third-order valence-corrected chi connectivity index (χ3v) is 5.65. The summed E-state index contributed by atoms with van der Waals surface area (Å²) >= 11 is 0. The fourth-order valence-corrected chi connectivity index (χ4v) is 4.24. The maximum Gasteiger partial charge on any atom is 0.256 e. The second-order valence-corrected chi connectivity index (χ2v) is 7.38. The highest BCUT2D eigenvalue weighted by Gasteiger charge is 2.23. The van der Waals surface area contributed by atoms with Gasteiger partial charge in [0.25, 0.3) is 5.91 Å². The van der Waals surface area contributed by atoms with Crippen LogP contribution >= 0.6 is 0 Å². The van der Waals surface area contributed by atoms with E-state index in [2.05, 4.69) is 22.3 Å². The molecule has 1 fully saturated rings. The largest absolute Gasteiger partial charge is 0.378 e. The van der Waals surface area contributed by atoms with Gasteiger partial charge >= 0.3 is 0 Å². The van der Waals surface area contributed by atoms with Gasteiger partial charge in [-0.3, -0.25) is 9.78 Å². The number of nitrogens with one attached hydrogen (secondary N) is 1. The summed E-state index contributed by atoms with van der Waals surface area (Å²) in [6.45, 7) is 3.33. The molecule has 3 aromatic rings. The highest BCUT2D eigenvalue weighted by Crippen LogP contribution is 2.30. The lowest BCUT2D eigenvalue weighted by atomic mass is 10.0. The molecule has 2 aromatic carbocycles. The predicted octanol–water partition coefficient (Wildman–Crippen LogP) is 3.81. The molecule has 2 heterocycles. The van der Waals surface area contributed by atoms with Crippen LogP contribution in [0.5, 0.6) is 0 Å². The Kier molecular flexibility index (Phi) is 4.45. The number of benzene rings is 2. The predicted molar refractivity (Wildman–Crippen MR) is 111 cm³/mol. The first-order chi connectivity index (χ1) is 13.8. The molecule has 0 atom stereocenters. The molecule has 1 saturated heterocycles. The molecule has 0 bridgehead atoms. The van der Waals surface area contributed by atoms with Gasteiger partial charge in [0.15, 0.2) is 0 Å². The van der Waals surface area contributed by atoms with Crippen LogP contribution in [-0.4, -0.2) is 37.2 Å². The highest BCUT2D eigenvalue weighted by molar-refractivity contribution is 6.13. The summed E-state index contributed by atoms with van der Waals surface area (Å²) in [6.07, 6.45) is 2.94. The lowest BCUT2D eigenvalue weighted by Crippen LogP contribution is -2.36. The first-order valence-corrected chi connectivity index (χ1v) is 9.94. The number of carbonyl (C=O) groups is 1. The lowest BCUT2D eigenvalue weighted by molar-refractivity contribution is 0.102. The first-order valence-electron chi connectivity index (χ1n) is 9.94. The molecule has 0 radical (unpaired) electrons. The van der Waals surface area contributed by atoms with Gasteiger partial charge in [-0.2, -0.15) is 0 Å². The van der Waals surface area contributed by atoms with Crippen molar-refractivity contribution in [3.63, 3.8) is 0 Å². The molecule has 0 unspecified atom stereocenters. The van der Waals surface area contributed by atoms with Gasteiger partial charge in [0.05, 0.1) is 24.3 Å². The van der Waals surface area contributed by atoms with E-state index in [0.717, 1.165) is 84.7 Å². The maximum absolute atomic E-state index is 13.2. The third-order valence-electron chi connectivity index (χ3n) is 5.65. The van der Waals surface area contributed by atoms with Crippen LogP contribution in [0.4, 0.5) is 11.4 Å². The third kappa shape index (κ3) is 3.12. The van der Waals surface area contributed by atoms with Gasteiger partial charge in [-0.15, -0.1) is 0 Å². The van der Waals surface area contributed by atoms with E-state index in [1.54, 1.807) is 0 Å². The minimum absolute atomic E-state index is 0.0455. The number of hydrogen-bond donors (Lipinski definition) is 1. The van der Waals surface area contributed by atoms with Crippen molar-refractivity contribution in [3.05, 3.63) is 65.4 Å². The summed E-state index contributed by atoms with van der Waals surface area (Å²) < 4.78 is 5.41. The van der Waals surface area contributed by atoms with E-state index in [9.17, 15) is 4.79 Å². The SMILES string of the molecule is O=C(Nc1ccc(N2CCOCC2)cc1)c1c2c(nc3ccccc13)CCC2. The molecular formula is C23H23N3O2. The normalized spacial score (nSPS) is 16.2. The molecule has 1 aromatic heterocycles. The number of aryl methyl sites for hydroxylation is 1. The number of amides is 1. The summed E-state index contributed by atoms with van der Waals surface area (Å²) in [6, 6.07) is 16.0. The Morgan fingerprint density at radius 3 is 2.61 bits per heavy atom. The van der Waals surface area contributed by atoms with E-state index >= 15 is 0 Å². The minimum atomic E-state index is -0.0455. The molecule has 0 spiro atoms. The van der Waals surface area contributed by atoms with E-state index in [4.69, 9.17) is 9.72 Å². The van der Waals surface area contributed by atoms with Crippen LogP contribution in [0.1, 0.15) is 28.0 Å². The Labute approximate surface area is 164 Å². The zero-order chi connectivity index (χ0) is 18.9. The Balaban J connectivity index is 1.43. The van der Waals surface area contributed by atoms with Gasteiger partial charge in [-0.1, -0.05) is 18.2 Å². The summed E-state index contributed by atoms with van der Waals surface area (Å²) in [5.41, 5.74) is 5.85. The molecular weight excluding hydrogens is 350 g/mol. The van der Waals surface area contributed by atoms with Crippen LogP contribution in [0, 0.1) is 0 Å². The zero-order valence-electron chi connectivity index (χ0n) is 15.8. The molecule has 5 nitrogen and oxygen atoms in total. The van der Waals surface area contributed by atoms with Gasteiger partial charge < -0.3 is 15.0 Å². The van der Waals surface area contributed by atoms with Gasteiger partial charge in [0.2, 0.25) is 0 Å². The Morgan fingerprint density at radius 1 is 1.00 bits per heavy atom. The van der Waals surface area contributed by atoms with Crippen LogP contribution in [0.25, 0.3) is 10.9 Å². The number of nitrogens with zero attached hydrogens (tertiary/aromatic N) is 2. The van der Waals surface area contributed by atoms with Crippen molar-refractivity contribution in [2.75, 3.05) is 36.5 Å². The summed E-state index contributed by atoms with van der Waals surface area (Å²) in [5.74, 6) is -0.0455. The molecule has 1 N–H and O–H groups in total.